The molecule has 6 N–H and O–H groups in total. The van der Waals surface area contributed by atoms with Crippen LogP contribution in [0, 0.1) is 5.41 Å². The number of allylic oxidation sites excluding steroid dienone is 1. The summed E-state index contributed by atoms with van der Waals surface area (Å²) in [5.74, 6) is -1.21. The van der Waals surface area contributed by atoms with E-state index in [1.54, 1.807) is 0 Å². The van der Waals surface area contributed by atoms with Gasteiger partial charge in [-0.3, -0.25) is 28.1 Å². The molecule has 1 aliphatic rings. The summed E-state index contributed by atoms with van der Waals surface area (Å²) < 4.78 is 60.6. The highest BCUT2D eigenvalue weighted by Gasteiger charge is 2.47. The number of fused-ring (bicyclic) bond motifs is 1. The van der Waals surface area contributed by atoms with Crippen LogP contribution in [0.4, 0.5) is 5.82 Å². The lowest BCUT2D eigenvalue weighted by Gasteiger charge is -2.36. The van der Waals surface area contributed by atoms with Crippen LogP contribution in [0.5, 0.6) is 0 Å². The van der Waals surface area contributed by atoms with Crippen molar-refractivity contribution in [3.8, 4) is 0 Å². The molecule has 0 saturated carbocycles. The number of carbonyl (C=O) groups is 3. The van der Waals surface area contributed by atoms with Crippen LogP contribution in [0.1, 0.15) is 84.8 Å². The van der Waals surface area contributed by atoms with Crippen LogP contribution in [0.25, 0.3) is 11.2 Å². The number of nitrogens with two attached hydrogens (primary N) is 1. The molecule has 61 heavy (non-hydrogen) atoms. The number of aromatic nitrogens is 4. The van der Waals surface area contributed by atoms with E-state index in [9.17, 15) is 57.9 Å². The van der Waals surface area contributed by atoms with Gasteiger partial charge in [0.2, 0.25) is 16.9 Å². The Hall–Kier alpha value is -2.70. The highest BCUT2D eigenvalue weighted by atomic mass is 32.2. The Labute approximate surface area is 356 Å². The van der Waals surface area contributed by atoms with E-state index in [2.05, 4.69) is 50.4 Å². The number of carbonyl (C=O) groups excluding carboxylic acids is 3. The summed E-state index contributed by atoms with van der Waals surface area (Å²) in [4.78, 5) is 96.3. The zero-order valence-electron chi connectivity index (χ0n) is 33.7. The van der Waals surface area contributed by atoms with Crippen LogP contribution in [-0.4, -0.2) is 103 Å². The summed E-state index contributed by atoms with van der Waals surface area (Å²) in [7, 11) is -17.6. The molecule has 0 spiro atoms. The maximum Gasteiger partial charge on any atom is 0.274 e. The number of anilines is 1. The highest BCUT2D eigenvalue weighted by molar-refractivity contribution is 8.14. The lowest BCUT2D eigenvalue weighted by Crippen LogP contribution is -2.46. The molecule has 0 aromatic carbocycles. The number of thioether (sulfide) groups is 1. The van der Waals surface area contributed by atoms with Crippen LogP contribution in [0.3, 0.4) is 0 Å². The molecule has 2 aromatic rings. The van der Waals surface area contributed by atoms with E-state index >= 15 is 0 Å². The number of aliphatic hydroxyl groups is 2. The Balaban J connectivity index is 1.40. The number of imidazole rings is 1. The van der Waals surface area contributed by atoms with Crippen molar-refractivity contribution in [2.24, 2.45) is 5.41 Å². The smallest absolute Gasteiger partial charge is 0.274 e. The molecule has 1 saturated heterocycles. The molecule has 28 heteroatoms. The largest absolute Gasteiger partial charge is 0.790 e. The molecule has 2 aromatic heterocycles. The SMILES string of the molecule is CCCCCCCCC/C=C/C(=O)SCCNC(=O)CCNC(=O)[C@H](O)C(C)(C)COP(=O)([O-])OP(=O)([O-])OC[C@H]1O[C@@H](n2cnc3c(N)ncnc32)[C@H](O)[C@@H]1OP(=O)([O-])[O-]. The fourth-order valence-electron chi connectivity index (χ4n) is 5.71. The number of ether oxygens (including phenoxy) is 1. The number of unbranched alkanes of at least 4 members (excludes halogenated alkanes) is 7. The van der Waals surface area contributed by atoms with E-state index in [0.717, 1.165) is 48.2 Å². The number of amides is 2. The standard InChI is InChI=1S/C33H56N7O17P3S/c1-4-5-6-7-8-9-10-11-12-13-24(42)61-17-16-35-23(41)14-15-36-31(45)28(44)33(2,3)19-54-60(51,52)57-59(49,50)53-18-22-27(56-58(46,47)48)26(43)32(55-22)40-21-39-25-29(34)37-20-38-30(25)40/h12-13,20-22,26-28,32,43-44H,4-11,14-19H2,1-3H3,(H,35,41)(H,36,45)(H,49,50)(H,51,52)(H2,34,37,38)(H2,46,47,48)/p-4/b13-12+/t22-,26-,27-,28+,32-/m1/s1. The third-order valence-corrected chi connectivity index (χ3v) is 12.8. The minimum Gasteiger partial charge on any atom is -0.790 e. The summed E-state index contributed by atoms with van der Waals surface area (Å²) in [5.41, 5.74) is 4.08. The average molecular weight is 944 g/mol. The van der Waals surface area contributed by atoms with Gasteiger partial charge in [0.05, 0.1) is 27.4 Å². The Morgan fingerprint density at radius 2 is 1.69 bits per heavy atom. The summed E-state index contributed by atoms with van der Waals surface area (Å²) >= 11 is 1.05. The number of hydrogen-bond donors (Lipinski definition) is 5. The van der Waals surface area contributed by atoms with Crippen molar-refractivity contribution in [2.75, 3.05) is 37.8 Å². The van der Waals surface area contributed by atoms with Gasteiger partial charge in [0.15, 0.2) is 17.7 Å². The maximum atomic E-state index is 12.6. The van der Waals surface area contributed by atoms with Crippen molar-refractivity contribution in [3.05, 3.63) is 24.8 Å². The van der Waals surface area contributed by atoms with Crippen LogP contribution < -0.4 is 35.9 Å². The maximum absolute atomic E-state index is 12.6. The predicted octanol–water partition coefficient (Wildman–Crippen LogP) is -0.166. The molecule has 1 aliphatic heterocycles. The van der Waals surface area contributed by atoms with Gasteiger partial charge >= 0.3 is 0 Å². The Bertz CT molecular complexity index is 1940. The van der Waals surface area contributed by atoms with E-state index in [1.807, 2.05) is 6.08 Å². The molecule has 3 rings (SSSR count). The van der Waals surface area contributed by atoms with Gasteiger partial charge in [-0.05, 0) is 18.9 Å². The number of aliphatic hydroxyl groups excluding tert-OH is 2. The Morgan fingerprint density at radius 3 is 2.38 bits per heavy atom. The van der Waals surface area contributed by atoms with Gasteiger partial charge in [0.1, 0.15) is 36.3 Å². The van der Waals surface area contributed by atoms with Crippen molar-refractivity contribution in [3.63, 3.8) is 0 Å². The first-order chi connectivity index (χ1) is 28.6. The number of nitrogens with zero attached hydrogens (tertiary/aromatic N) is 4. The van der Waals surface area contributed by atoms with Gasteiger partial charge in [-0.25, -0.2) is 19.3 Å². The average Bonchev–Trinajstić information content (AvgIpc) is 3.73. The van der Waals surface area contributed by atoms with E-state index in [1.165, 1.54) is 52.0 Å². The van der Waals surface area contributed by atoms with Gasteiger partial charge < -0.3 is 69.0 Å². The fraction of sp³-hybridized carbons (Fsp3) is 0.697. The second kappa shape index (κ2) is 24.4. The molecule has 2 amide bonds. The van der Waals surface area contributed by atoms with E-state index in [4.69, 9.17) is 10.5 Å². The molecule has 2 unspecified atom stereocenters. The van der Waals surface area contributed by atoms with E-state index in [-0.39, 0.29) is 41.6 Å². The van der Waals surface area contributed by atoms with Gasteiger partial charge in [-0.2, -0.15) is 0 Å². The molecule has 0 radical (unpaired) electrons. The Kier molecular flexibility index (Phi) is 21.0. The third-order valence-electron chi connectivity index (χ3n) is 8.95. The number of rotatable bonds is 28. The summed E-state index contributed by atoms with van der Waals surface area (Å²) in [6, 6.07) is 0. The molecule has 346 valence electrons. The highest BCUT2D eigenvalue weighted by Crippen LogP contribution is 2.56. The van der Waals surface area contributed by atoms with Crippen LogP contribution in [-0.2, 0) is 50.7 Å². The van der Waals surface area contributed by atoms with Crippen molar-refractivity contribution in [1.82, 2.24) is 30.2 Å². The quantitative estimate of drug-likeness (QED) is 0.0420. The van der Waals surface area contributed by atoms with Crippen molar-refractivity contribution in [1.29, 1.82) is 0 Å². The minimum absolute atomic E-state index is 0.0202. The summed E-state index contributed by atoms with van der Waals surface area (Å²) in [6.45, 7) is 2.29. The normalized spacial score (nSPS) is 21.0. The number of nitrogens with one attached hydrogen (secondary N) is 2. The van der Waals surface area contributed by atoms with Gasteiger partial charge in [-0.1, -0.05) is 77.1 Å². The number of phosphoric acid groups is 3. The van der Waals surface area contributed by atoms with Crippen molar-refractivity contribution < 1.29 is 80.5 Å². The lowest BCUT2D eigenvalue weighted by molar-refractivity contribution is -0.347. The second-order valence-electron chi connectivity index (χ2n) is 14.5. The number of phosphoric ester groups is 3. The number of hydrogen-bond acceptors (Lipinski definition) is 22. The molecule has 0 bridgehead atoms. The molecule has 0 aliphatic carbocycles. The summed E-state index contributed by atoms with van der Waals surface area (Å²) in [6.07, 6.45) is 4.90. The lowest BCUT2D eigenvalue weighted by atomic mass is 9.87. The van der Waals surface area contributed by atoms with Crippen molar-refractivity contribution in [2.45, 2.75) is 109 Å². The zero-order chi connectivity index (χ0) is 45.4. The zero-order valence-corrected chi connectivity index (χ0v) is 37.2. The molecular weight excluding hydrogens is 891 g/mol. The first-order valence-electron chi connectivity index (χ1n) is 19.2. The first kappa shape index (κ1) is 52.6. The molecule has 24 nitrogen and oxygen atoms in total. The van der Waals surface area contributed by atoms with E-state index in [0.29, 0.717) is 5.75 Å². The minimum atomic E-state index is -5.92. The van der Waals surface area contributed by atoms with Gasteiger partial charge in [-0.15, -0.1) is 0 Å². The van der Waals surface area contributed by atoms with E-state index < -0.39 is 84.6 Å². The third kappa shape index (κ3) is 18.1. The van der Waals surface area contributed by atoms with Crippen LogP contribution >= 0.6 is 35.2 Å². The first-order valence-corrected chi connectivity index (χ1v) is 24.6. The molecular formula is C33H52N7O17P3S-4. The summed E-state index contributed by atoms with van der Waals surface area (Å²) in [5, 5.41) is 26.2. The monoisotopic (exact) mass is 943 g/mol. The predicted molar refractivity (Wildman–Crippen MR) is 210 cm³/mol. The van der Waals surface area contributed by atoms with Crippen molar-refractivity contribution >= 4 is 69.1 Å². The second-order valence-corrected chi connectivity index (χ2v) is 19.6. The van der Waals surface area contributed by atoms with Gasteiger partial charge in [0, 0.05) is 30.7 Å². The fourth-order valence-corrected chi connectivity index (χ4v) is 9.04. The van der Waals surface area contributed by atoms with Gasteiger partial charge in [0.25, 0.3) is 15.6 Å². The number of nitrogen functional groups attached to an aromatic ring is 1. The molecule has 1 fully saturated rings. The van der Waals surface area contributed by atoms with Crippen LogP contribution in [0.15, 0.2) is 24.8 Å². The Morgan fingerprint density at radius 1 is 1.02 bits per heavy atom. The van der Waals surface area contributed by atoms with Crippen LogP contribution in [0.2, 0.25) is 0 Å². The molecule has 7 atom stereocenters. The topological polar surface area (TPSA) is 375 Å². The molecule has 3 heterocycles.